The summed E-state index contributed by atoms with van der Waals surface area (Å²) in [6.45, 7) is 2.14. The number of hydrogen-bond donors (Lipinski definition) is 1. The molecule has 7 nitrogen and oxygen atoms in total. The normalized spacial score (nSPS) is 17.6. The van der Waals surface area contributed by atoms with Crippen molar-refractivity contribution in [2.24, 2.45) is 0 Å². The van der Waals surface area contributed by atoms with Crippen LogP contribution in [0.5, 0.6) is 17.2 Å². The van der Waals surface area contributed by atoms with E-state index in [0.29, 0.717) is 40.5 Å². The summed E-state index contributed by atoms with van der Waals surface area (Å²) in [5.74, 6) is 0.823. The fraction of sp³-hybridized carbons (Fsp3) is 0.333. The van der Waals surface area contributed by atoms with Crippen LogP contribution < -0.4 is 19.5 Å². The van der Waals surface area contributed by atoms with Gasteiger partial charge in [0.2, 0.25) is 0 Å². The monoisotopic (exact) mass is 463 g/mol. The molecule has 0 radical (unpaired) electrons. The van der Waals surface area contributed by atoms with Crippen molar-refractivity contribution in [2.75, 3.05) is 27.4 Å². The first-order chi connectivity index (χ1) is 16.5. The number of Topliss-reactive ketones (excluding diaryl/α,β-unsaturated/α-hetero) is 1. The van der Waals surface area contributed by atoms with Gasteiger partial charge in [-0.15, -0.1) is 0 Å². The Balaban J connectivity index is 1.63. The zero-order chi connectivity index (χ0) is 24.1. The highest BCUT2D eigenvalue weighted by atomic mass is 16.6. The molecule has 0 fully saturated rings. The Kier molecular flexibility index (Phi) is 7.21. The molecule has 1 aliphatic carbocycles. The maximum Gasteiger partial charge on any atom is 0.336 e. The molecule has 2 aromatic rings. The van der Waals surface area contributed by atoms with Crippen molar-refractivity contribution in [3.8, 4) is 17.2 Å². The van der Waals surface area contributed by atoms with Crippen LogP contribution in [0.15, 0.2) is 71.1 Å². The van der Waals surface area contributed by atoms with Crippen molar-refractivity contribution in [1.82, 2.24) is 5.32 Å². The lowest BCUT2D eigenvalue weighted by atomic mass is 9.75. The van der Waals surface area contributed by atoms with Gasteiger partial charge in [0, 0.05) is 35.0 Å². The molecule has 0 saturated carbocycles. The number of rotatable bonds is 8. The van der Waals surface area contributed by atoms with Crippen molar-refractivity contribution < 1.29 is 28.5 Å². The predicted octanol–water partition coefficient (Wildman–Crippen LogP) is 4.29. The molecule has 34 heavy (non-hydrogen) atoms. The number of methoxy groups -OCH3 is 2. The number of esters is 1. The van der Waals surface area contributed by atoms with E-state index in [1.165, 1.54) is 0 Å². The number of allylic oxidation sites excluding steroid dienone is 3. The lowest BCUT2D eigenvalue weighted by molar-refractivity contribution is -0.140. The Morgan fingerprint density at radius 3 is 2.53 bits per heavy atom. The smallest absolute Gasteiger partial charge is 0.336 e. The summed E-state index contributed by atoms with van der Waals surface area (Å²) < 4.78 is 22.2. The third kappa shape index (κ3) is 4.78. The maximum absolute atomic E-state index is 13.3. The highest BCUT2D eigenvalue weighted by molar-refractivity contribution is 6.04. The molecule has 178 valence electrons. The van der Waals surface area contributed by atoms with Crippen LogP contribution >= 0.6 is 0 Å². The fourth-order valence-electron chi connectivity index (χ4n) is 4.51. The molecule has 0 saturated heterocycles. The van der Waals surface area contributed by atoms with Gasteiger partial charge in [-0.25, -0.2) is 4.79 Å². The third-order valence-corrected chi connectivity index (χ3v) is 6.08. The molecule has 1 atom stereocenters. The number of ketones is 1. The van der Waals surface area contributed by atoms with Crippen LogP contribution in [0.3, 0.4) is 0 Å². The minimum Gasteiger partial charge on any atom is -0.497 e. The minimum absolute atomic E-state index is 0.0295. The summed E-state index contributed by atoms with van der Waals surface area (Å²) in [6, 6.07) is 14.8. The van der Waals surface area contributed by atoms with E-state index in [1.54, 1.807) is 26.4 Å². The largest absolute Gasteiger partial charge is 0.497 e. The van der Waals surface area contributed by atoms with Gasteiger partial charge >= 0.3 is 5.97 Å². The Bertz CT molecular complexity index is 1140. The van der Waals surface area contributed by atoms with Crippen LogP contribution in [-0.2, 0) is 14.3 Å². The Hall–Kier alpha value is -3.74. The maximum atomic E-state index is 13.3. The second-order valence-electron chi connectivity index (χ2n) is 8.17. The van der Waals surface area contributed by atoms with Gasteiger partial charge in [-0.3, -0.25) is 4.79 Å². The standard InChI is InChI=1S/C27H29NO6/c1-17-24(27(30)34-15-14-33-18-8-5-4-6-9-18)25(26-21(28-17)10-7-11-22(26)29)20-13-12-19(31-2)16-23(20)32-3/h4-6,8-9,12-13,16,25,28H,7,10-11,14-15H2,1-3H3/t25-/m1/s1. The molecule has 0 spiro atoms. The molecule has 0 bridgehead atoms. The number of para-hydroxylation sites is 1. The van der Waals surface area contributed by atoms with Crippen LogP contribution in [0.1, 0.15) is 37.7 Å². The van der Waals surface area contributed by atoms with Gasteiger partial charge < -0.3 is 24.3 Å². The van der Waals surface area contributed by atoms with E-state index >= 15 is 0 Å². The van der Waals surface area contributed by atoms with Crippen LogP contribution in [0.4, 0.5) is 0 Å². The molecule has 1 heterocycles. The van der Waals surface area contributed by atoms with Crippen molar-refractivity contribution in [2.45, 2.75) is 32.1 Å². The molecule has 1 N–H and O–H groups in total. The van der Waals surface area contributed by atoms with Crippen LogP contribution in [0.2, 0.25) is 0 Å². The second kappa shape index (κ2) is 10.5. The molecule has 4 rings (SSSR count). The number of nitrogens with one attached hydrogen (secondary N) is 1. The van der Waals surface area contributed by atoms with Gasteiger partial charge in [-0.1, -0.05) is 24.3 Å². The number of carbonyl (C=O) groups excluding carboxylic acids is 2. The van der Waals surface area contributed by atoms with E-state index < -0.39 is 11.9 Å². The number of hydrogen-bond acceptors (Lipinski definition) is 7. The van der Waals surface area contributed by atoms with Crippen molar-refractivity contribution in [1.29, 1.82) is 0 Å². The van der Waals surface area contributed by atoms with E-state index in [0.717, 1.165) is 24.1 Å². The Morgan fingerprint density at radius 2 is 1.79 bits per heavy atom. The van der Waals surface area contributed by atoms with Gasteiger partial charge in [0.25, 0.3) is 0 Å². The summed E-state index contributed by atoms with van der Waals surface area (Å²) in [6.07, 6.45) is 1.98. The van der Waals surface area contributed by atoms with Gasteiger partial charge in [0.15, 0.2) is 5.78 Å². The van der Waals surface area contributed by atoms with E-state index in [1.807, 2.05) is 43.3 Å². The number of ether oxygens (including phenoxy) is 4. The Morgan fingerprint density at radius 1 is 1.00 bits per heavy atom. The van der Waals surface area contributed by atoms with E-state index in [-0.39, 0.29) is 19.0 Å². The fourth-order valence-corrected chi connectivity index (χ4v) is 4.51. The van der Waals surface area contributed by atoms with E-state index in [4.69, 9.17) is 18.9 Å². The second-order valence-corrected chi connectivity index (χ2v) is 8.17. The van der Waals surface area contributed by atoms with Crippen LogP contribution in [0, 0.1) is 0 Å². The summed E-state index contributed by atoms with van der Waals surface area (Å²) in [5, 5.41) is 3.30. The molecule has 0 unspecified atom stereocenters. The highest BCUT2D eigenvalue weighted by Crippen LogP contribution is 2.46. The summed E-state index contributed by atoms with van der Waals surface area (Å²) in [5.41, 5.74) is 3.26. The van der Waals surface area contributed by atoms with Crippen LogP contribution in [-0.4, -0.2) is 39.2 Å². The summed E-state index contributed by atoms with van der Waals surface area (Å²) in [4.78, 5) is 26.4. The summed E-state index contributed by atoms with van der Waals surface area (Å²) in [7, 11) is 3.14. The molecule has 0 aromatic heterocycles. The summed E-state index contributed by atoms with van der Waals surface area (Å²) >= 11 is 0. The van der Waals surface area contributed by atoms with Crippen LogP contribution in [0.25, 0.3) is 0 Å². The topological polar surface area (TPSA) is 83.1 Å². The van der Waals surface area contributed by atoms with Gasteiger partial charge in [0.1, 0.15) is 30.5 Å². The molecule has 7 heteroatoms. The lowest BCUT2D eigenvalue weighted by Crippen LogP contribution is -2.34. The quantitative estimate of drug-likeness (QED) is 0.462. The van der Waals surface area contributed by atoms with Crippen molar-refractivity contribution in [3.05, 3.63) is 76.6 Å². The highest BCUT2D eigenvalue weighted by Gasteiger charge is 2.40. The molecule has 0 amide bonds. The van der Waals surface area contributed by atoms with E-state index in [9.17, 15) is 9.59 Å². The van der Waals surface area contributed by atoms with Gasteiger partial charge in [-0.05, 0) is 38.0 Å². The van der Waals surface area contributed by atoms with Gasteiger partial charge in [0.05, 0.1) is 25.7 Å². The number of dihydropyridines is 1. The third-order valence-electron chi connectivity index (χ3n) is 6.08. The Labute approximate surface area is 199 Å². The van der Waals surface area contributed by atoms with Crippen molar-refractivity contribution in [3.63, 3.8) is 0 Å². The lowest BCUT2D eigenvalue weighted by Gasteiger charge is -2.34. The SMILES string of the molecule is COc1ccc([C@@H]2C(C(=O)OCCOc3ccccc3)=C(C)NC3=C2C(=O)CCC3)c(OC)c1. The molecular formula is C27H29NO6. The first-order valence-corrected chi connectivity index (χ1v) is 11.3. The zero-order valence-electron chi connectivity index (χ0n) is 19.7. The van der Waals surface area contributed by atoms with Gasteiger partial charge in [-0.2, -0.15) is 0 Å². The number of benzene rings is 2. The first-order valence-electron chi connectivity index (χ1n) is 11.3. The first kappa shape index (κ1) is 23.4. The molecule has 2 aliphatic rings. The average Bonchev–Trinajstić information content (AvgIpc) is 2.86. The molecule has 1 aliphatic heterocycles. The predicted molar refractivity (Wildman–Crippen MR) is 127 cm³/mol. The van der Waals surface area contributed by atoms with Crippen molar-refractivity contribution >= 4 is 11.8 Å². The molecular weight excluding hydrogens is 434 g/mol. The zero-order valence-corrected chi connectivity index (χ0v) is 19.7. The average molecular weight is 464 g/mol. The molecule has 2 aromatic carbocycles. The van der Waals surface area contributed by atoms with E-state index in [2.05, 4.69) is 5.32 Å². The minimum atomic E-state index is -0.590. The number of carbonyl (C=O) groups is 2.